The molecule has 3 aromatic rings. The number of rotatable bonds is 9. The molecule has 9 heteroatoms. The molecular formula is C23H22N2O5S2. The number of sulfonamides is 1. The van der Waals surface area contributed by atoms with E-state index in [9.17, 15) is 18.0 Å². The number of anilines is 1. The number of carbonyl (C=O) groups is 2. The first-order valence-electron chi connectivity index (χ1n) is 9.56. The van der Waals surface area contributed by atoms with E-state index in [2.05, 4.69) is 18.5 Å². The van der Waals surface area contributed by atoms with Gasteiger partial charge < -0.3 is 10.1 Å². The lowest BCUT2D eigenvalue weighted by molar-refractivity contribution is 0.0607. The van der Waals surface area contributed by atoms with E-state index < -0.39 is 21.9 Å². The van der Waals surface area contributed by atoms with E-state index in [1.165, 1.54) is 59.2 Å². The first kappa shape index (κ1) is 23.4. The summed E-state index contributed by atoms with van der Waals surface area (Å²) in [6.45, 7) is 7.44. The van der Waals surface area contributed by atoms with Crippen LogP contribution in [0.5, 0.6) is 0 Å². The fraction of sp³-hybridized carbons (Fsp3) is 0.130. The van der Waals surface area contributed by atoms with Crippen molar-refractivity contribution in [1.29, 1.82) is 0 Å². The fourth-order valence-electron chi connectivity index (χ4n) is 3.08. The molecule has 0 atom stereocenters. The highest BCUT2D eigenvalue weighted by atomic mass is 32.2. The van der Waals surface area contributed by atoms with E-state index >= 15 is 0 Å². The largest absolute Gasteiger partial charge is 0.465 e. The van der Waals surface area contributed by atoms with E-state index in [4.69, 9.17) is 4.74 Å². The van der Waals surface area contributed by atoms with Gasteiger partial charge in [0.25, 0.3) is 5.91 Å². The Bertz CT molecular complexity index is 1270. The third-order valence-corrected chi connectivity index (χ3v) is 7.62. The summed E-state index contributed by atoms with van der Waals surface area (Å²) in [6, 6.07) is 12.9. The van der Waals surface area contributed by atoms with Crippen LogP contribution in [0.2, 0.25) is 0 Å². The van der Waals surface area contributed by atoms with E-state index in [0.717, 1.165) is 10.1 Å². The van der Waals surface area contributed by atoms with E-state index in [0.29, 0.717) is 5.69 Å². The van der Waals surface area contributed by atoms with Crippen LogP contribution in [-0.4, -0.2) is 44.8 Å². The number of methoxy groups -OCH3 is 1. The molecule has 1 heterocycles. The van der Waals surface area contributed by atoms with Crippen LogP contribution < -0.4 is 5.32 Å². The Morgan fingerprint density at radius 1 is 1.06 bits per heavy atom. The summed E-state index contributed by atoms with van der Waals surface area (Å²) < 4.78 is 32.6. The Balaban J connectivity index is 1.90. The molecule has 0 spiro atoms. The Morgan fingerprint density at radius 2 is 1.69 bits per heavy atom. The van der Waals surface area contributed by atoms with E-state index in [1.807, 2.05) is 18.2 Å². The quantitative estimate of drug-likeness (QED) is 0.372. The molecular weight excluding hydrogens is 448 g/mol. The minimum atomic E-state index is -3.77. The lowest BCUT2D eigenvalue weighted by atomic mass is 10.2. The normalized spacial score (nSPS) is 11.3. The highest BCUT2D eigenvalue weighted by Crippen LogP contribution is 2.36. The molecule has 0 aliphatic rings. The van der Waals surface area contributed by atoms with Crippen LogP contribution in [0.3, 0.4) is 0 Å². The highest BCUT2D eigenvalue weighted by molar-refractivity contribution is 7.89. The molecule has 0 aliphatic carbocycles. The van der Waals surface area contributed by atoms with Crippen molar-refractivity contribution in [2.45, 2.75) is 4.90 Å². The van der Waals surface area contributed by atoms with E-state index in [1.54, 1.807) is 6.07 Å². The van der Waals surface area contributed by atoms with Gasteiger partial charge in [0.2, 0.25) is 10.0 Å². The predicted octanol–water partition coefficient (Wildman–Crippen LogP) is 4.30. The van der Waals surface area contributed by atoms with Crippen molar-refractivity contribution in [2.24, 2.45) is 0 Å². The number of benzene rings is 2. The first-order valence-corrected chi connectivity index (χ1v) is 11.8. The molecule has 1 amide bonds. The monoisotopic (exact) mass is 470 g/mol. The molecule has 166 valence electrons. The third kappa shape index (κ3) is 4.64. The minimum absolute atomic E-state index is 0.0500. The second-order valence-electron chi connectivity index (χ2n) is 6.67. The lowest BCUT2D eigenvalue weighted by Crippen LogP contribution is -2.31. The molecule has 0 bridgehead atoms. The minimum Gasteiger partial charge on any atom is -0.465 e. The van der Waals surface area contributed by atoms with Crippen LogP contribution >= 0.6 is 11.3 Å². The van der Waals surface area contributed by atoms with Crippen LogP contribution in [0.1, 0.15) is 20.0 Å². The molecule has 32 heavy (non-hydrogen) atoms. The van der Waals surface area contributed by atoms with Gasteiger partial charge in [-0.15, -0.1) is 24.5 Å². The molecule has 0 aliphatic heterocycles. The van der Waals surface area contributed by atoms with Crippen LogP contribution in [0, 0.1) is 0 Å². The Hall–Kier alpha value is -3.27. The molecule has 0 saturated carbocycles. The Morgan fingerprint density at radius 3 is 2.28 bits per heavy atom. The van der Waals surface area contributed by atoms with Crippen molar-refractivity contribution in [3.8, 4) is 0 Å². The number of carbonyl (C=O) groups excluding carboxylic acids is 2. The van der Waals surface area contributed by atoms with Gasteiger partial charge in [-0.05, 0) is 30.3 Å². The zero-order valence-corrected chi connectivity index (χ0v) is 19.0. The number of hydrogen-bond donors (Lipinski definition) is 1. The van der Waals surface area contributed by atoms with Gasteiger partial charge in [0.1, 0.15) is 4.88 Å². The predicted molar refractivity (Wildman–Crippen MR) is 127 cm³/mol. The number of hydrogen-bond acceptors (Lipinski definition) is 6. The average Bonchev–Trinajstić information content (AvgIpc) is 3.16. The van der Waals surface area contributed by atoms with Crippen molar-refractivity contribution in [3.05, 3.63) is 84.3 Å². The standard InChI is InChI=1S/C23H22N2O5S2/c1-4-14-25(15-5-2)32(28,29)17-12-10-16(11-13-17)22(26)24-20-18-8-6-7-9-19(18)31-21(20)23(27)30-3/h4-13H,1-2,14-15H2,3H3,(H,24,26). The van der Waals surface area contributed by atoms with Gasteiger partial charge in [-0.3, -0.25) is 4.79 Å². The Labute approximate surface area is 190 Å². The number of nitrogens with zero attached hydrogens (tertiary/aromatic N) is 1. The van der Waals surface area contributed by atoms with Gasteiger partial charge >= 0.3 is 5.97 Å². The van der Waals surface area contributed by atoms with Gasteiger partial charge in [0, 0.05) is 28.7 Å². The SMILES string of the molecule is C=CCN(CC=C)S(=O)(=O)c1ccc(C(=O)Nc2c(C(=O)OC)sc3ccccc23)cc1. The maximum absolute atomic E-state index is 12.9. The zero-order chi connectivity index (χ0) is 23.3. The van der Waals surface area contributed by atoms with Crippen molar-refractivity contribution in [3.63, 3.8) is 0 Å². The molecule has 0 radical (unpaired) electrons. The second-order valence-corrected chi connectivity index (χ2v) is 9.66. The Kier molecular flexibility index (Phi) is 7.24. The molecule has 1 aromatic heterocycles. The summed E-state index contributed by atoms with van der Waals surface area (Å²) in [4.78, 5) is 25.4. The molecule has 2 aromatic carbocycles. The maximum atomic E-state index is 12.9. The van der Waals surface area contributed by atoms with Crippen LogP contribution in [0.25, 0.3) is 10.1 Å². The van der Waals surface area contributed by atoms with Gasteiger partial charge in [-0.2, -0.15) is 4.31 Å². The summed E-state index contributed by atoms with van der Waals surface area (Å²) in [7, 11) is -2.49. The number of nitrogens with one attached hydrogen (secondary N) is 1. The molecule has 1 N–H and O–H groups in total. The van der Waals surface area contributed by atoms with Gasteiger partial charge in [0.05, 0.1) is 17.7 Å². The summed E-state index contributed by atoms with van der Waals surface area (Å²) in [5.74, 6) is -1.02. The summed E-state index contributed by atoms with van der Waals surface area (Å²) >= 11 is 1.22. The van der Waals surface area contributed by atoms with Crippen molar-refractivity contribution in [1.82, 2.24) is 4.31 Å². The zero-order valence-electron chi connectivity index (χ0n) is 17.4. The topological polar surface area (TPSA) is 92.8 Å². The van der Waals surface area contributed by atoms with Crippen molar-refractivity contribution < 1.29 is 22.7 Å². The van der Waals surface area contributed by atoms with Crippen molar-refractivity contribution in [2.75, 3.05) is 25.5 Å². The highest BCUT2D eigenvalue weighted by Gasteiger charge is 2.24. The summed E-state index contributed by atoms with van der Waals surface area (Å²) in [6.07, 6.45) is 2.99. The molecule has 0 saturated heterocycles. The molecule has 0 unspecified atom stereocenters. The number of fused-ring (bicyclic) bond motifs is 1. The van der Waals surface area contributed by atoms with Crippen LogP contribution in [0.4, 0.5) is 5.69 Å². The second kappa shape index (κ2) is 9.90. The molecule has 3 rings (SSSR count). The first-order chi connectivity index (χ1) is 15.3. The smallest absolute Gasteiger partial charge is 0.350 e. The summed E-state index contributed by atoms with van der Waals surface area (Å²) in [5, 5.41) is 3.49. The number of ether oxygens (including phenoxy) is 1. The third-order valence-electron chi connectivity index (χ3n) is 4.62. The van der Waals surface area contributed by atoms with E-state index in [-0.39, 0.29) is 28.4 Å². The maximum Gasteiger partial charge on any atom is 0.350 e. The van der Waals surface area contributed by atoms with Gasteiger partial charge in [-0.1, -0.05) is 30.4 Å². The number of amides is 1. The molecule has 0 fully saturated rings. The molecule has 7 nitrogen and oxygen atoms in total. The summed E-state index contributed by atoms with van der Waals surface area (Å²) in [5.41, 5.74) is 0.608. The average molecular weight is 471 g/mol. The number of thiophene rings is 1. The van der Waals surface area contributed by atoms with Gasteiger partial charge in [-0.25, -0.2) is 13.2 Å². The van der Waals surface area contributed by atoms with Crippen LogP contribution in [-0.2, 0) is 14.8 Å². The lowest BCUT2D eigenvalue weighted by Gasteiger charge is -2.19. The number of esters is 1. The van der Waals surface area contributed by atoms with Crippen molar-refractivity contribution >= 4 is 49.0 Å². The fourth-order valence-corrected chi connectivity index (χ4v) is 5.54. The van der Waals surface area contributed by atoms with Crippen LogP contribution in [0.15, 0.2) is 78.7 Å². The van der Waals surface area contributed by atoms with Gasteiger partial charge in [0.15, 0.2) is 0 Å².